The molecule has 0 bridgehead atoms. The molecule has 0 radical (unpaired) electrons. The van der Waals surface area contributed by atoms with Gasteiger partial charge in [0.1, 0.15) is 12.4 Å². The van der Waals surface area contributed by atoms with Crippen molar-refractivity contribution in [2.45, 2.75) is 13.8 Å². The van der Waals surface area contributed by atoms with Gasteiger partial charge in [-0.05, 0) is 37.6 Å². The van der Waals surface area contributed by atoms with E-state index >= 15 is 0 Å². The topological polar surface area (TPSA) is 58.6 Å². The molecule has 2 rings (SSSR count). The third-order valence-electron chi connectivity index (χ3n) is 3.20. The Morgan fingerprint density at radius 2 is 1.86 bits per heavy atom. The number of hydrogen-bond donors (Lipinski definition) is 2. The summed E-state index contributed by atoms with van der Waals surface area (Å²) in [4.78, 5) is 11.2. The number of benzene rings is 2. The molecule has 0 aliphatic heterocycles. The highest BCUT2D eigenvalue weighted by molar-refractivity contribution is 5.95. The van der Waals surface area contributed by atoms with E-state index in [1.165, 1.54) is 5.56 Å². The lowest BCUT2D eigenvalue weighted by atomic mass is 10.1. The Bertz CT molecular complexity index is 620. The predicted octanol–water partition coefficient (Wildman–Crippen LogP) is 3.49. The Morgan fingerprint density at radius 3 is 2.52 bits per heavy atom. The molecule has 0 aliphatic rings. The van der Waals surface area contributed by atoms with Gasteiger partial charge in [0, 0.05) is 6.54 Å². The van der Waals surface area contributed by atoms with Crippen LogP contribution in [0.4, 0.5) is 5.69 Å². The summed E-state index contributed by atoms with van der Waals surface area (Å²) in [7, 11) is 0. The van der Waals surface area contributed by atoms with Crippen LogP contribution in [0.3, 0.4) is 0 Å². The average Bonchev–Trinajstić information content (AvgIpc) is 2.46. The van der Waals surface area contributed by atoms with E-state index in [4.69, 9.17) is 4.74 Å². The standard InChI is InChI=1S/C17H19NO3/c1-12-6-8-14(9-7-12)21-11-10-18-16-13(2)4-3-5-15(16)17(19)20/h3-9,18H,10-11H2,1-2H3,(H,19,20). The van der Waals surface area contributed by atoms with Crippen LogP contribution in [-0.2, 0) is 0 Å². The van der Waals surface area contributed by atoms with Crippen molar-refractivity contribution in [1.82, 2.24) is 0 Å². The summed E-state index contributed by atoms with van der Waals surface area (Å²) in [5, 5.41) is 12.3. The van der Waals surface area contributed by atoms with Crippen molar-refractivity contribution in [1.29, 1.82) is 0 Å². The number of hydrogen-bond acceptors (Lipinski definition) is 3. The van der Waals surface area contributed by atoms with Gasteiger partial charge in [0.15, 0.2) is 0 Å². The van der Waals surface area contributed by atoms with Gasteiger partial charge in [-0.1, -0.05) is 29.8 Å². The molecular formula is C17H19NO3. The number of anilines is 1. The van der Waals surface area contributed by atoms with E-state index in [2.05, 4.69) is 5.32 Å². The highest BCUT2D eigenvalue weighted by Gasteiger charge is 2.11. The molecule has 0 spiro atoms. The van der Waals surface area contributed by atoms with Crippen LogP contribution in [-0.4, -0.2) is 24.2 Å². The van der Waals surface area contributed by atoms with Crippen LogP contribution in [0.5, 0.6) is 5.75 Å². The van der Waals surface area contributed by atoms with E-state index < -0.39 is 5.97 Å². The van der Waals surface area contributed by atoms with Crippen molar-refractivity contribution in [3.05, 3.63) is 59.2 Å². The van der Waals surface area contributed by atoms with Crippen LogP contribution in [0.1, 0.15) is 21.5 Å². The fraction of sp³-hybridized carbons (Fsp3) is 0.235. The molecule has 110 valence electrons. The largest absolute Gasteiger partial charge is 0.492 e. The Morgan fingerprint density at radius 1 is 1.14 bits per heavy atom. The van der Waals surface area contributed by atoms with Crippen molar-refractivity contribution < 1.29 is 14.6 Å². The average molecular weight is 285 g/mol. The van der Waals surface area contributed by atoms with E-state index in [9.17, 15) is 9.90 Å². The van der Waals surface area contributed by atoms with Gasteiger partial charge < -0.3 is 15.2 Å². The van der Waals surface area contributed by atoms with Crippen LogP contribution in [0.2, 0.25) is 0 Å². The Labute approximate surface area is 124 Å². The molecule has 0 unspecified atom stereocenters. The highest BCUT2D eigenvalue weighted by Crippen LogP contribution is 2.20. The number of aryl methyl sites for hydroxylation is 2. The molecule has 2 aromatic rings. The number of carboxylic acid groups (broad SMARTS) is 1. The van der Waals surface area contributed by atoms with E-state index in [-0.39, 0.29) is 5.56 Å². The number of carboxylic acids is 1. The maximum absolute atomic E-state index is 11.2. The number of para-hydroxylation sites is 1. The first-order valence-corrected chi connectivity index (χ1v) is 6.84. The minimum atomic E-state index is -0.930. The molecule has 0 saturated carbocycles. The van der Waals surface area contributed by atoms with E-state index in [0.29, 0.717) is 18.8 Å². The number of aromatic carboxylic acids is 1. The number of nitrogens with one attached hydrogen (secondary N) is 1. The van der Waals surface area contributed by atoms with Crippen LogP contribution in [0.15, 0.2) is 42.5 Å². The van der Waals surface area contributed by atoms with E-state index in [1.807, 2.05) is 44.2 Å². The molecule has 2 aromatic carbocycles. The third kappa shape index (κ3) is 3.99. The van der Waals surface area contributed by atoms with Crippen LogP contribution >= 0.6 is 0 Å². The summed E-state index contributed by atoms with van der Waals surface area (Å²) in [6.45, 7) is 4.92. The van der Waals surface area contributed by atoms with Crippen LogP contribution < -0.4 is 10.1 Å². The molecule has 0 saturated heterocycles. The predicted molar refractivity (Wildman–Crippen MR) is 83.3 cm³/mol. The Hall–Kier alpha value is -2.49. The minimum absolute atomic E-state index is 0.283. The fourth-order valence-electron chi connectivity index (χ4n) is 2.06. The van der Waals surface area contributed by atoms with Gasteiger partial charge >= 0.3 is 5.97 Å². The zero-order chi connectivity index (χ0) is 15.2. The summed E-state index contributed by atoms with van der Waals surface area (Å²) in [5.74, 6) is -0.119. The SMILES string of the molecule is Cc1ccc(OCCNc2c(C)cccc2C(=O)O)cc1. The maximum atomic E-state index is 11.2. The second-order valence-corrected chi connectivity index (χ2v) is 4.89. The van der Waals surface area contributed by atoms with E-state index in [0.717, 1.165) is 11.3 Å². The lowest BCUT2D eigenvalue weighted by Gasteiger charge is -2.13. The lowest BCUT2D eigenvalue weighted by Crippen LogP contribution is -2.14. The molecule has 0 atom stereocenters. The summed E-state index contributed by atoms with van der Waals surface area (Å²) in [6.07, 6.45) is 0. The number of rotatable bonds is 6. The van der Waals surface area contributed by atoms with Crippen molar-refractivity contribution in [2.24, 2.45) is 0 Å². The molecule has 4 nitrogen and oxygen atoms in total. The van der Waals surface area contributed by atoms with Crippen LogP contribution in [0, 0.1) is 13.8 Å². The quantitative estimate of drug-likeness (QED) is 0.798. The molecule has 21 heavy (non-hydrogen) atoms. The van der Waals surface area contributed by atoms with Gasteiger partial charge in [0.2, 0.25) is 0 Å². The molecule has 4 heteroatoms. The van der Waals surface area contributed by atoms with Gasteiger partial charge in [0.25, 0.3) is 0 Å². The summed E-state index contributed by atoms with van der Waals surface area (Å²) in [6, 6.07) is 13.1. The maximum Gasteiger partial charge on any atom is 0.337 e. The van der Waals surface area contributed by atoms with Crippen molar-refractivity contribution >= 4 is 11.7 Å². The smallest absolute Gasteiger partial charge is 0.337 e. The summed E-state index contributed by atoms with van der Waals surface area (Å²) >= 11 is 0. The zero-order valence-corrected chi connectivity index (χ0v) is 12.2. The Kier molecular flexibility index (Phi) is 4.82. The number of ether oxygens (including phenoxy) is 1. The molecule has 0 fully saturated rings. The van der Waals surface area contributed by atoms with Gasteiger partial charge in [-0.3, -0.25) is 0 Å². The highest BCUT2D eigenvalue weighted by atomic mass is 16.5. The molecule has 0 aliphatic carbocycles. The minimum Gasteiger partial charge on any atom is -0.492 e. The van der Waals surface area contributed by atoms with Crippen molar-refractivity contribution in [3.63, 3.8) is 0 Å². The fourth-order valence-corrected chi connectivity index (χ4v) is 2.06. The normalized spacial score (nSPS) is 10.2. The van der Waals surface area contributed by atoms with Crippen molar-refractivity contribution in [3.8, 4) is 5.75 Å². The van der Waals surface area contributed by atoms with Gasteiger partial charge in [0.05, 0.1) is 11.3 Å². The third-order valence-corrected chi connectivity index (χ3v) is 3.20. The first-order valence-electron chi connectivity index (χ1n) is 6.84. The molecule has 2 N–H and O–H groups in total. The van der Waals surface area contributed by atoms with Gasteiger partial charge in [-0.25, -0.2) is 4.79 Å². The first-order chi connectivity index (χ1) is 10.1. The van der Waals surface area contributed by atoms with Crippen LogP contribution in [0.25, 0.3) is 0 Å². The van der Waals surface area contributed by atoms with Gasteiger partial charge in [-0.2, -0.15) is 0 Å². The monoisotopic (exact) mass is 285 g/mol. The second-order valence-electron chi connectivity index (χ2n) is 4.89. The second kappa shape index (κ2) is 6.79. The summed E-state index contributed by atoms with van der Waals surface area (Å²) < 4.78 is 5.61. The molecule has 0 heterocycles. The van der Waals surface area contributed by atoms with Gasteiger partial charge in [-0.15, -0.1) is 0 Å². The zero-order valence-electron chi connectivity index (χ0n) is 12.2. The van der Waals surface area contributed by atoms with E-state index in [1.54, 1.807) is 12.1 Å². The number of carbonyl (C=O) groups is 1. The van der Waals surface area contributed by atoms with Crippen molar-refractivity contribution in [2.75, 3.05) is 18.5 Å². The molecule has 0 aromatic heterocycles. The first kappa shape index (κ1) is 14.9. The summed E-state index contributed by atoms with van der Waals surface area (Å²) in [5.41, 5.74) is 3.03. The molecule has 0 amide bonds. The lowest BCUT2D eigenvalue weighted by molar-refractivity contribution is 0.0698. The Balaban J connectivity index is 1.92. The molecular weight excluding hydrogens is 266 g/mol.